The fourth-order valence-electron chi connectivity index (χ4n) is 3.78. The lowest BCUT2D eigenvalue weighted by Gasteiger charge is -2.18. The molecule has 4 rings (SSSR count). The van der Waals surface area contributed by atoms with Crippen LogP contribution < -0.4 is 10.1 Å². The Morgan fingerprint density at radius 2 is 1.91 bits per heavy atom. The molecular weight excluding hydrogens is 472 g/mol. The second-order valence-electron chi connectivity index (χ2n) is 7.38. The quantitative estimate of drug-likeness (QED) is 0.365. The number of aliphatic imine (C=N–C) groups is 1. The molecule has 2 aromatic rings. The lowest BCUT2D eigenvalue weighted by Crippen LogP contribution is -2.24. The van der Waals surface area contributed by atoms with Gasteiger partial charge in [-0.15, -0.1) is 11.8 Å². The summed E-state index contributed by atoms with van der Waals surface area (Å²) in [7, 11) is 0. The number of carbonyl (C=O) groups is 1. The van der Waals surface area contributed by atoms with Gasteiger partial charge in [0.05, 0.1) is 11.6 Å². The highest BCUT2D eigenvalue weighted by Crippen LogP contribution is 2.39. The molecule has 2 aliphatic heterocycles. The van der Waals surface area contributed by atoms with E-state index in [-0.39, 0.29) is 42.6 Å². The van der Waals surface area contributed by atoms with E-state index in [1.807, 2.05) is 19.9 Å². The minimum atomic E-state index is -4.46. The molecule has 2 N–H and O–H groups in total. The Kier molecular flexibility index (Phi) is 10.2. The molecule has 2 aliphatic rings. The second-order valence-corrected chi connectivity index (χ2v) is 8.48. The van der Waals surface area contributed by atoms with Crippen LogP contribution in [0.25, 0.3) is 0 Å². The average molecular weight is 501 g/mol. The lowest BCUT2D eigenvalue weighted by atomic mass is 9.93. The number of hydrogen-bond acceptors (Lipinski definition) is 5. The van der Waals surface area contributed by atoms with Gasteiger partial charge in [0.2, 0.25) is 0 Å². The van der Waals surface area contributed by atoms with Crippen molar-refractivity contribution < 1.29 is 32.2 Å². The van der Waals surface area contributed by atoms with Crippen LogP contribution in [0, 0.1) is 5.82 Å². The predicted molar refractivity (Wildman–Crippen MR) is 128 cm³/mol. The van der Waals surface area contributed by atoms with Gasteiger partial charge in [-0.3, -0.25) is 9.79 Å². The molecule has 3 unspecified atom stereocenters. The lowest BCUT2D eigenvalue weighted by molar-refractivity contribution is -0.138. The molecule has 0 saturated carbocycles. The summed E-state index contributed by atoms with van der Waals surface area (Å²) in [4.78, 5) is 13.0. The van der Waals surface area contributed by atoms with E-state index in [1.165, 1.54) is 42.1 Å². The number of rotatable bonds is 5. The zero-order valence-corrected chi connectivity index (χ0v) is 19.9. The van der Waals surface area contributed by atoms with Gasteiger partial charge >= 0.3 is 6.18 Å². The summed E-state index contributed by atoms with van der Waals surface area (Å²) in [5, 5.41) is 11.0. The van der Waals surface area contributed by atoms with E-state index in [4.69, 9.17) is 14.6 Å². The van der Waals surface area contributed by atoms with Crippen molar-refractivity contribution in [1.29, 1.82) is 0 Å². The largest absolute Gasteiger partial charge is 0.486 e. The third kappa shape index (κ3) is 7.12. The number of thioether (sulfide) groups is 1. The SMILES string of the molecule is CC.CC1c2ccc(F)cc2NC1CC1CSC(COc2ccccc2C(F)(F)F)=N1.O=CO. The minimum absolute atomic E-state index is 0.0212. The van der Waals surface area contributed by atoms with Crippen LogP contribution in [0.4, 0.5) is 23.2 Å². The van der Waals surface area contributed by atoms with E-state index in [2.05, 4.69) is 17.2 Å². The molecule has 2 aromatic carbocycles. The number of benzene rings is 2. The molecule has 2 heterocycles. The van der Waals surface area contributed by atoms with Crippen molar-refractivity contribution in [3.05, 3.63) is 59.4 Å². The number of para-hydroxylation sites is 1. The zero-order valence-electron chi connectivity index (χ0n) is 19.1. The Hall–Kier alpha value is -2.75. The maximum Gasteiger partial charge on any atom is 0.419 e. The van der Waals surface area contributed by atoms with Gasteiger partial charge in [0.15, 0.2) is 0 Å². The molecule has 3 atom stereocenters. The molecule has 0 saturated heterocycles. The van der Waals surface area contributed by atoms with Crippen molar-refractivity contribution in [3.8, 4) is 5.75 Å². The molecule has 0 aliphatic carbocycles. The minimum Gasteiger partial charge on any atom is -0.486 e. The number of halogens is 4. The molecule has 186 valence electrons. The molecule has 0 spiro atoms. The highest BCUT2D eigenvalue weighted by Gasteiger charge is 2.35. The van der Waals surface area contributed by atoms with Gasteiger partial charge < -0.3 is 15.2 Å². The fourth-order valence-corrected chi connectivity index (χ4v) is 4.75. The highest BCUT2D eigenvalue weighted by molar-refractivity contribution is 8.14. The predicted octanol–water partition coefficient (Wildman–Crippen LogP) is 6.45. The summed E-state index contributed by atoms with van der Waals surface area (Å²) in [5.74, 6) is 0.548. The molecule has 10 heteroatoms. The fraction of sp³-hybridized carbons (Fsp3) is 0.417. The molecule has 5 nitrogen and oxygen atoms in total. The Balaban J connectivity index is 0.000000758. The van der Waals surface area contributed by atoms with Gasteiger partial charge in [-0.05, 0) is 36.2 Å². The van der Waals surface area contributed by atoms with Crippen molar-refractivity contribution in [1.82, 2.24) is 0 Å². The van der Waals surface area contributed by atoms with Crippen LogP contribution in [0.5, 0.6) is 5.75 Å². The Labute approximate surface area is 200 Å². The van der Waals surface area contributed by atoms with Crippen LogP contribution in [0.1, 0.15) is 44.2 Å². The van der Waals surface area contributed by atoms with Gasteiger partial charge in [0.25, 0.3) is 6.47 Å². The van der Waals surface area contributed by atoms with Crippen LogP contribution in [0.15, 0.2) is 47.5 Å². The van der Waals surface area contributed by atoms with Crippen LogP contribution >= 0.6 is 11.8 Å². The number of hydrogen-bond donors (Lipinski definition) is 2. The molecule has 0 aromatic heterocycles. The summed E-state index contributed by atoms with van der Waals surface area (Å²) >= 11 is 1.51. The first-order valence-corrected chi connectivity index (χ1v) is 11.8. The number of alkyl halides is 3. The van der Waals surface area contributed by atoms with E-state index < -0.39 is 11.7 Å². The number of carboxylic acid groups (broad SMARTS) is 1. The maximum atomic E-state index is 13.4. The zero-order chi connectivity index (χ0) is 25.3. The summed E-state index contributed by atoms with van der Waals surface area (Å²) in [6, 6.07) is 10.2. The van der Waals surface area contributed by atoms with Gasteiger partial charge in [-0.2, -0.15) is 13.2 Å². The molecular formula is C24H28F4N2O3S. The van der Waals surface area contributed by atoms with Crippen LogP contribution in [-0.2, 0) is 11.0 Å². The number of ether oxygens (including phenoxy) is 1. The van der Waals surface area contributed by atoms with Crippen LogP contribution in [-0.4, -0.2) is 41.1 Å². The number of fused-ring (bicyclic) bond motifs is 1. The third-order valence-corrected chi connectivity index (χ3v) is 6.40. The Morgan fingerprint density at radius 3 is 2.59 bits per heavy atom. The van der Waals surface area contributed by atoms with E-state index in [1.54, 1.807) is 0 Å². The van der Waals surface area contributed by atoms with Crippen molar-refractivity contribution in [2.75, 3.05) is 17.7 Å². The van der Waals surface area contributed by atoms with E-state index in [0.29, 0.717) is 5.04 Å². The Bertz CT molecular complexity index is 985. The second kappa shape index (κ2) is 12.6. The summed E-state index contributed by atoms with van der Waals surface area (Å²) in [6.07, 6.45) is -3.68. The number of nitrogens with zero attached hydrogens (tertiary/aromatic N) is 1. The van der Waals surface area contributed by atoms with Crippen molar-refractivity contribution in [2.45, 2.75) is 51.4 Å². The normalized spacial score (nSPS) is 20.6. The smallest absolute Gasteiger partial charge is 0.419 e. The van der Waals surface area contributed by atoms with E-state index in [9.17, 15) is 17.6 Å². The van der Waals surface area contributed by atoms with Gasteiger partial charge in [-0.25, -0.2) is 4.39 Å². The molecule has 0 bridgehead atoms. The average Bonchev–Trinajstić information content (AvgIpc) is 3.38. The molecule has 34 heavy (non-hydrogen) atoms. The molecule has 0 fully saturated rings. The first-order chi connectivity index (χ1) is 16.2. The maximum absolute atomic E-state index is 13.4. The summed E-state index contributed by atoms with van der Waals surface area (Å²) in [5.41, 5.74) is 1.14. The van der Waals surface area contributed by atoms with Crippen molar-refractivity contribution >= 4 is 29.0 Å². The molecule has 0 amide bonds. The van der Waals surface area contributed by atoms with Crippen LogP contribution in [0.3, 0.4) is 0 Å². The first-order valence-electron chi connectivity index (χ1n) is 10.8. The van der Waals surface area contributed by atoms with E-state index in [0.717, 1.165) is 29.5 Å². The molecule has 0 radical (unpaired) electrons. The highest BCUT2D eigenvalue weighted by atomic mass is 32.2. The van der Waals surface area contributed by atoms with Gasteiger partial charge in [0, 0.05) is 23.4 Å². The Morgan fingerprint density at radius 1 is 1.24 bits per heavy atom. The van der Waals surface area contributed by atoms with Crippen molar-refractivity contribution in [3.63, 3.8) is 0 Å². The van der Waals surface area contributed by atoms with Gasteiger partial charge in [0.1, 0.15) is 23.2 Å². The van der Waals surface area contributed by atoms with Crippen LogP contribution in [0.2, 0.25) is 0 Å². The topological polar surface area (TPSA) is 70.9 Å². The first kappa shape index (κ1) is 27.5. The van der Waals surface area contributed by atoms with E-state index >= 15 is 0 Å². The monoisotopic (exact) mass is 500 g/mol. The third-order valence-electron chi connectivity index (χ3n) is 5.29. The standard InChI is InChI=1S/C21H20F4N2OS.C2H6.CH2O2/c1-12-15-7-6-13(22)8-18(15)27-17(12)9-14-11-29-20(26-14)10-28-19-5-3-2-4-16(19)21(23,24)25;1-2;2-1-3/h2-8,12,14,17,27H,9-11H2,1H3;1-2H3;1H,(H,2,3). The number of nitrogens with one attached hydrogen (secondary N) is 1. The summed E-state index contributed by atoms with van der Waals surface area (Å²) < 4.78 is 58.1. The number of anilines is 1. The van der Waals surface area contributed by atoms with Crippen molar-refractivity contribution in [2.24, 2.45) is 4.99 Å². The summed E-state index contributed by atoms with van der Waals surface area (Å²) in [6.45, 7) is 5.87. The van der Waals surface area contributed by atoms with Gasteiger partial charge in [-0.1, -0.05) is 39.0 Å².